The lowest BCUT2D eigenvalue weighted by molar-refractivity contribution is -0.144. The van der Waals surface area contributed by atoms with E-state index < -0.39 is 23.8 Å². The Labute approximate surface area is 88.5 Å². The molecule has 1 aliphatic rings. The molecule has 0 saturated carbocycles. The Morgan fingerprint density at radius 3 is 2.69 bits per heavy atom. The molecule has 1 N–H and O–H groups in total. The molecule has 3 nitrogen and oxygen atoms in total. The Morgan fingerprint density at radius 2 is 2.12 bits per heavy atom. The molecular weight excluding hydrogens is 225 g/mol. The molecule has 86 valence electrons. The van der Waals surface area contributed by atoms with Crippen LogP contribution in [0.3, 0.4) is 0 Å². The number of hydrogen-bond donors (Lipinski definition) is 1. The van der Waals surface area contributed by atoms with Gasteiger partial charge >= 0.3 is 12.1 Å². The monoisotopic (exact) mass is 232 g/mol. The van der Waals surface area contributed by atoms with E-state index in [-0.39, 0.29) is 12.2 Å². The van der Waals surface area contributed by atoms with Crippen LogP contribution in [0.1, 0.15) is 11.1 Å². The number of carboxylic acids is 1. The van der Waals surface area contributed by atoms with E-state index in [2.05, 4.69) is 0 Å². The summed E-state index contributed by atoms with van der Waals surface area (Å²) in [7, 11) is 0. The fraction of sp³-hybridized carbons (Fsp3) is 0.300. The maximum Gasteiger partial charge on any atom is 0.416 e. The second-order valence-corrected chi connectivity index (χ2v) is 3.47. The molecule has 0 bridgehead atoms. The topological polar surface area (TPSA) is 46.5 Å². The molecule has 0 aromatic heterocycles. The smallest absolute Gasteiger partial charge is 0.416 e. The minimum Gasteiger partial charge on any atom is -0.478 e. The second-order valence-electron chi connectivity index (χ2n) is 3.47. The summed E-state index contributed by atoms with van der Waals surface area (Å²) in [6.07, 6.45) is -5.43. The number of halogens is 3. The summed E-state index contributed by atoms with van der Waals surface area (Å²) in [5, 5.41) is 8.67. The van der Waals surface area contributed by atoms with Gasteiger partial charge in [0.05, 0.1) is 5.56 Å². The van der Waals surface area contributed by atoms with Crippen LogP contribution in [-0.2, 0) is 17.4 Å². The minimum absolute atomic E-state index is 0.00206. The number of benzene rings is 1. The van der Waals surface area contributed by atoms with E-state index in [0.29, 0.717) is 5.56 Å². The molecule has 1 unspecified atom stereocenters. The zero-order valence-electron chi connectivity index (χ0n) is 7.91. The number of hydrogen-bond acceptors (Lipinski definition) is 2. The van der Waals surface area contributed by atoms with Crippen LogP contribution in [0.4, 0.5) is 13.2 Å². The Balaban J connectivity index is 2.31. The highest BCUT2D eigenvalue weighted by molar-refractivity contribution is 5.74. The molecule has 1 heterocycles. The molecule has 1 aromatic rings. The van der Waals surface area contributed by atoms with Gasteiger partial charge in [-0.3, -0.25) is 0 Å². The molecule has 0 amide bonds. The number of ether oxygens (including phenoxy) is 1. The maximum absolute atomic E-state index is 12.3. The molecule has 0 radical (unpaired) electrons. The van der Waals surface area contributed by atoms with Crippen LogP contribution < -0.4 is 4.74 Å². The van der Waals surface area contributed by atoms with Gasteiger partial charge in [0.25, 0.3) is 0 Å². The molecule has 1 atom stereocenters. The highest BCUT2D eigenvalue weighted by Crippen LogP contribution is 2.36. The Bertz CT molecular complexity index is 439. The van der Waals surface area contributed by atoms with Crippen molar-refractivity contribution < 1.29 is 27.8 Å². The number of fused-ring (bicyclic) bond motifs is 1. The number of carbonyl (C=O) groups is 1. The van der Waals surface area contributed by atoms with Gasteiger partial charge in [-0.25, -0.2) is 4.79 Å². The van der Waals surface area contributed by atoms with Crippen LogP contribution in [0.15, 0.2) is 18.2 Å². The van der Waals surface area contributed by atoms with Crippen molar-refractivity contribution in [3.05, 3.63) is 29.3 Å². The van der Waals surface area contributed by atoms with Crippen LogP contribution in [0.25, 0.3) is 0 Å². The Hall–Kier alpha value is -1.72. The highest BCUT2D eigenvalue weighted by Gasteiger charge is 2.34. The summed E-state index contributed by atoms with van der Waals surface area (Å²) in [6, 6.07) is 3.01. The van der Waals surface area contributed by atoms with Crippen LogP contribution in [-0.4, -0.2) is 17.2 Å². The summed E-state index contributed by atoms with van der Waals surface area (Å²) in [5.74, 6) is -1.17. The summed E-state index contributed by atoms with van der Waals surface area (Å²) in [4.78, 5) is 10.6. The zero-order valence-corrected chi connectivity index (χ0v) is 7.91. The average molecular weight is 232 g/mol. The van der Waals surface area contributed by atoms with E-state index >= 15 is 0 Å². The van der Waals surface area contributed by atoms with Gasteiger partial charge in [0, 0.05) is 6.42 Å². The first-order chi connectivity index (χ1) is 7.38. The first-order valence-electron chi connectivity index (χ1n) is 4.47. The van der Waals surface area contributed by atoms with E-state index in [1.165, 1.54) is 6.07 Å². The number of carboxylic acid groups (broad SMARTS) is 1. The summed E-state index contributed by atoms with van der Waals surface area (Å²) in [5.41, 5.74) is -0.349. The van der Waals surface area contributed by atoms with Gasteiger partial charge in [-0.15, -0.1) is 0 Å². The standard InChI is InChI=1S/C10H7F3O3/c11-10(12,13)6-2-1-5-3-8(9(14)15)16-7(5)4-6/h1-2,4,8H,3H2,(H,14,15). The van der Waals surface area contributed by atoms with Crippen molar-refractivity contribution in [3.63, 3.8) is 0 Å². The van der Waals surface area contributed by atoms with Crippen molar-refractivity contribution in [2.24, 2.45) is 0 Å². The molecule has 0 saturated heterocycles. The van der Waals surface area contributed by atoms with Gasteiger partial charge in [0.15, 0.2) is 6.10 Å². The predicted molar refractivity (Wildman–Crippen MR) is 47.2 cm³/mol. The quantitative estimate of drug-likeness (QED) is 0.806. The van der Waals surface area contributed by atoms with Crippen LogP contribution in [0.5, 0.6) is 5.75 Å². The van der Waals surface area contributed by atoms with Crippen LogP contribution >= 0.6 is 0 Å². The zero-order chi connectivity index (χ0) is 11.9. The second kappa shape index (κ2) is 3.40. The largest absolute Gasteiger partial charge is 0.478 e. The van der Waals surface area contributed by atoms with Gasteiger partial charge in [-0.05, 0) is 17.7 Å². The van der Waals surface area contributed by atoms with Gasteiger partial charge in [0.1, 0.15) is 5.75 Å². The third-order valence-electron chi connectivity index (χ3n) is 2.34. The van der Waals surface area contributed by atoms with Crippen LogP contribution in [0, 0.1) is 0 Å². The summed E-state index contributed by atoms with van der Waals surface area (Å²) in [6.45, 7) is 0. The lowest BCUT2D eigenvalue weighted by Crippen LogP contribution is -2.24. The number of rotatable bonds is 1. The fourth-order valence-electron chi connectivity index (χ4n) is 1.54. The number of aliphatic carboxylic acids is 1. The van der Waals surface area contributed by atoms with E-state index in [4.69, 9.17) is 9.84 Å². The van der Waals surface area contributed by atoms with Crippen molar-refractivity contribution in [2.75, 3.05) is 0 Å². The molecule has 2 rings (SSSR count). The predicted octanol–water partition coefficient (Wildman–Crippen LogP) is 2.09. The maximum atomic E-state index is 12.3. The third kappa shape index (κ3) is 1.82. The molecule has 6 heteroatoms. The molecular formula is C10H7F3O3. The molecule has 0 aliphatic carbocycles. The molecule has 1 aliphatic heterocycles. The molecule has 0 fully saturated rings. The fourth-order valence-corrected chi connectivity index (χ4v) is 1.54. The van der Waals surface area contributed by atoms with E-state index in [1.54, 1.807) is 0 Å². The van der Waals surface area contributed by atoms with Crippen molar-refractivity contribution in [3.8, 4) is 5.75 Å². The van der Waals surface area contributed by atoms with Crippen LogP contribution in [0.2, 0.25) is 0 Å². The highest BCUT2D eigenvalue weighted by atomic mass is 19.4. The first kappa shape index (κ1) is 10.8. The molecule has 1 aromatic carbocycles. The van der Waals surface area contributed by atoms with Gasteiger partial charge < -0.3 is 9.84 Å². The van der Waals surface area contributed by atoms with E-state index in [9.17, 15) is 18.0 Å². The SMILES string of the molecule is O=C(O)C1Cc2ccc(C(F)(F)F)cc2O1. The summed E-state index contributed by atoms with van der Waals surface area (Å²) >= 11 is 0. The van der Waals surface area contributed by atoms with Gasteiger partial charge in [-0.1, -0.05) is 6.07 Å². The molecule has 16 heavy (non-hydrogen) atoms. The lowest BCUT2D eigenvalue weighted by atomic mass is 10.1. The minimum atomic E-state index is -4.44. The number of alkyl halides is 3. The van der Waals surface area contributed by atoms with Crippen molar-refractivity contribution >= 4 is 5.97 Å². The molecule has 0 spiro atoms. The van der Waals surface area contributed by atoms with Gasteiger partial charge in [0.2, 0.25) is 0 Å². The van der Waals surface area contributed by atoms with Crippen molar-refractivity contribution in [1.29, 1.82) is 0 Å². The average Bonchev–Trinajstić information content (AvgIpc) is 2.58. The van der Waals surface area contributed by atoms with E-state index in [1.807, 2.05) is 0 Å². The van der Waals surface area contributed by atoms with Gasteiger partial charge in [-0.2, -0.15) is 13.2 Å². The van der Waals surface area contributed by atoms with Crippen molar-refractivity contribution in [2.45, 2.75) is 18.7 Å². The Kier molecular flexibility index (Phi) is 2.29. The normalized spacial score (nSPS) is 19.1. The third-order valence-corrected chi connectivity index (χ3v) is 2.34. The van der Waals surface area contributed by atoms with E-state index in [0.717, 1.165) is 12.1 Å². The Morgan fingerprint density at radius 1 is 1.44 bits per heavy atom. The first-order valence-corrected chi connectivity index (χ1v) is 4.47. The van der Waals surface area contributed by atoms with Crippen molar-refractivity contribution in [1.82, 2.24) is 0 Å². The summed E-state index contributed by atoms with van der Waals surface area (Å²) < 4.78 is 41.9. The lowest BCUT2D eigenvalue weighted by Gasteiger charge is -2.08.